The first-order valence-electron chi connectivity index (χ1n) is 4.83. The Morgan fingerprint density at radius 2 is 2.07 bits per heavy atom. The van der Waals surface area contributed by atoms with E-state index >= 15 is 0 Å². The van der Waals surface area contributed by atoms with E-state index in [-0.39, 0.29) is 5.69 Å². The molecule has 0 saturated heterocycles. The zero-order chi connectivity index (χ0) is 10.6. The highest BCUT2D eigenvalue weighted by Gasteiger charge is 2.04. The molecule has 0 saturated carbocycles. The highest BCUT2D eigenvalue weighted by Crippen LogP contribution is 1.99. The summed E-state index contributed by atoms with van der Waals surface area (Å²) in [4.78, 5) is 11.5. The lowest BCUT2D eigenvalue weighted by Crippen LogP contribution is -2.23. The maximum Gasteiger partial charge on any atom is 0.345 e. The van der Waals surface area contributed by atoms with Crippen LogP contribution in [0.4, 0.5) is 0 Å². The molecule has 0 radical (unpaired) electrons. The van der Waals surface area contributed by atoms with Crippen molar-refractivity contribution < 1.29 is 0 Å². The molecule has 0 aliphatic carbocycles. The standard InChI is InChI=1S/C9H16BrN3O/c1-8-11-13(9(14)12(8)2)7-5-3-4-6-10/h3-7H2,1-2H3. The summed E-state index contributed by atoms with van der Waals surface area (Å²) in [6.45, 7) is 2.57. The first kappa shape index (κ1) is 11.5. The smallest absolute Gasteiger partial charge is 0.282 e. The van der Waals surface area contributed by atoms with Gasteiger partial charge in [-0.15, -0.1) is 0 Å². The molecule has 1 aromatic rings. The second-order valence-electron chi connectivity index (χ2n) is 3.36. The molecule has 1 aromatic heterocycles. The molecule has 14 heavy (non-hydrogen) atoms. The zero-order valence-corrected chi connectivity index (χ0v) is 10.2. The third-order valence-corrected chi connectivity index (χ3v) is 2.82. The van der Waals surface area contributed by atoms with Crippen molar-refractivity contribution in [3.8, 4) is 0 Å². The highest BCUT2D eigenvalue weighted by molar-refractivity contribution is 9.09. The van der Waals surface area contributed by atoms with Crippen molar-refractivity contribution in [2.24, 2.45) is 7.05 Å². The first-order valence-corrected chi connectivity index (χ1v) is 5.95. The molecular formula is C9H16BrN3O. The van der Waals surface area contributed by atoms with Crippen molar-refractivity contribution in [2.75, 3.05) is 5.33 Å². The Kier molecular flexibility index (Phi) is 4.38. The third-order valence-electron chi connectivity index (χ3n) is 2.26. The lowest BCUT2D eigenvalue weighted by Gasteiger charge is -1.97. The number of hydrogen-bond acceptors (Lipinski definition) is 2. The van der Waals surface area contributed by atoms with E-state index in [4.69, 9.17) is 0 Å². The quantitative estimate of drug-likeness (QED) is 0.595. The van der Waals surface area contributed by atoms with Crippen LogP contribution in [0.3, 0.4) is 0 Å². The van der Waals surface area contributed by atoms with Crippen LogP contribution in [0.15, 0.2) is 4.79 Å². The maximum absolute atomic E-state index is 11.5. The normalized spacial score (nSPS) is 10.8. The van der Waals surface area contributed by atoms with Crippen molar-refractivity contribution >= 4 is 15.9 Å². The summed E-state index contributed by atoms with van der Waals surface area (Å²) in [5.74, 6) is 0.774. The summed E-state index contributed by atoms with van der Waals surface area (Å²) in [5, 5.41) is 5.19. The van der Waals surface area contributed by atoms with E-state index in [2.05, 4.69) is 21.0 Å². The summed E-state index contributed by atoms with van der Waals surface area (Å²) >= 11 is 3.38. The van der Waals surface area contributed by atoms with Crippen molar-refractivity contribution in [1.29, 1.82) is 0 Å². The molecule has 0 atom stereocenters. The molecule has 80 valence electrons. The molecule has 0 fully saturated rings. The van der Waals surface area contributed by atoms with Crippen LogP contribution >= 0.6 is 15.9 Å². The molecule has 0 aromatic carbocycles. The van der Waals surface area contributed by atoms with Crippen molar-refractivity contribution in [2.45, 2.75) is 32.7 Å². The minimum absolute atomic E-state index is 0.0126. The van der Waals surface area contributed by atoms with Gasteiger partial charge in [-0.05, 0) is 19.8 Å². The lowest BCUT2D eigenvalue weighted by molar-refractivity contribution is 0.534. The summed E-state index contributed by atoms with van der Waals surface area (Å²) < 4.78 is 3.12. The van der Waals surface area contributed by atoms with Gasteiger partial charge in [0, 0.05) is 18.9 Å². The van der Waals surface area contributed by atoms with Gasteiger partial charge in [-0.25, -0.2) is 9.48 Å². The zero-order valence-electron chi connectivity index (χ0n) is 8.66. The minimum atomic E-state index is -0.0126. The van der Waals surface area contributed by atoms with E-state index in [9.17, 15) is 4.79 Å². The van der Waals surface area contributed by atoms with Gasteiger partial charge in [0.25, 0.3) is 0 Å². The number of nitrogens with zero attached hydrogens (tertiary/aromatic N) is 3. The lowest BCUT2D eigenvalue weighted by atomic mass is 10.2. The number of alkyl halides is 1. The van der Waals surface area contributed by atoms with E-state index < -0.39 is 0 Å². The van der Waals surface area contributed by atoms with Crippen LogP contribution in [0.2, 0.25) is 0 Å². The summed E-state index contributed by atoms with van der Waals surface area (Å²) in [6.07, 6.45) is 3.30. The minimum Gasteiger partial charge on any atom is -0.282 e. The van der Waals surface area contributed by atoms with Gasteiger partial charge < -0.3 is 0 Å². The van der Waals surface area contributed by atoms with Crippen LogP contribution in [0.25, 0.3) is 0 Å². The van der Waals surface area contributed by atoms with E-state index in [0.29, 0.717) is 0 Å². The van der Waals surface area contributed by atoms with Crippen molar-refractivity contribution in [3.05, 3.63) is 16.3 Å². The Morgan fingerprint density at radius 1 is 1.36 bits per heavy atom. The van der Waals surface area contributed by atoms with Crippen LogP contribution in [0.1, 0.15) is 25.1 Å². The topological polar surface area (TPSA) is 39.8 Å². The number of aryl methyl sites for hydroxylation is 2. The van der Waals surface area contributed by atoms with Gasteiger partial charge in [0.15, 0.2) is 0 Å². The first-order chi connectivity index (χ1) is 6.66. The van der Waals surface area contributed by atoms with E-state index in [0.717, 1.165) is 37.0 Å². The molecular weight excluding hydrogens is 246 g/mol. The van der Waals surface area contributed by atoms with Crippen LogP contribution < -0.4 is 5.69 Å². The Balaban J connectivity index is 2.51. The Labute approximate surface area is 92.1 Å². The fourth-order valence-electron chi connectivity index (χ4n) is 1.27. The fourth-order valence-corrected chi connectivity index (χ4v) is 1.67. The number of rotatable bonds is 5. The van der Waals surface area contributed by atoms with Gasteiger partial charge in [-0.1, -0.05) is 22.4 Å². The van der Waals surface area contributed by atoms with Crippen LogP contribution in [-0.4, -0.2) is 19.7 Å². The molecule has 0 unspecified atom stereocenters. The fraction of sp³-hybridized carbons (Fsp3) is 0.778. The van der Waals surface area contributed by atoms with Gasteiger partial charge in [0.2, 0.25) is 0 Å². The summed E-state index contributed by atoms with van der Waals surface area (Å²) in [5.41, 5.74) is -0.0126. The van der Waals surface area contributed by atoms with Crippen LogP contribution in [-0.2, 0) is 13.6 Å². The molecule has 0 amide bonds. The number of aromatic nitrogens is 3. The van der Waals surface area contributed by atoms with Crippen molar-refractivity contribution in [1.82, 2.24) is 14.3 Å². The Morgan fingerprint density at radius 3 is 2.57 bits per heavy atom. The highest BCUT2D eigenvalue weighted by atomic mass is 79.9. The number of halogens is 1. The molecule has 0 aliphatic rings. The van der Waals surface area contributed by atoms with Gasteiger partial charge in [-0.2, -0.15) is 5.10 Å². The molecule has 1 heterocycles. The van der Waals surface area contributed by atoms with Crippen molar-refractivity contribution in [3.63, 3.8) is 0 Å². The number of unbranched alkanes of at least 4 members (excludes halogenated alkanes) is 2. The predicted octanol–water partition coefficient (Wildman–Crippen LogP) is 1.46. The predicted molar refractivity (Wildman–Crippen MR) is 59.9 cm³/mol. The van der Waals surface area contributed by atoms with E-state index in [1.54, 1.807) is 16.3 Å². The second kappa shape index (κ2) is 5.34. The van der Waals surface area contributed by atoms with Gasteiger partial charge in [-0.3, -0.25) is 4.57 Å². The van der Waals surface area contributed by atoms with E-state index in [1.807, 2.05) is 6.92 Å². The van der Waals surface area contributed by atoms with Crippen LogP contribution in [0.5, 0.6) is 0 Å². The molecule has 0 aliphatic heterocycles. The Hall–Kier alpha value is -0.580. The van der Waals surface area contributed by atoms with E-state index in [1.165, 1.54) is 0 Å². The van der Waals surface area contributed by atoms with Crippen LogP contribution in [0, 0.1) is 6.92 Å². The van der Waals surface area contributed by atoms with Gasteiger partial charge in [0.05, 0.1) is 0 Å². The summed E-state index contributed by atoms with van der Waals surface area (Å²) in [7, 11) is 1.75. The molecule has 5 heteroatoms. The van der Waals surface area contributed by atoms with Gasteiger partial charge in [0.1, 0.15) is 5.82 Å². The Bertz CT molecular complexity index is 342. The molecule has 0 spiro atoms. The maximum atomic E-state index is 11.5. The molecule has 0 bridgehead atoms. The average molecular weight is 262 g/mol. The molecule has 0 N–H and O–H groups in total. The SMILES string of the molecule is Cc1nn(CCCCCBr)c(=O)n1C. The monoisotopic (exact) mass is 261 g/mol. The largest absolute Gasteiger partial charge is 0.345 e. The van der Waals surface area contributed by atoms with Gasteiger partial charge >= 0.3 is 5.69 Å². The average Bonchev–Trinajstić information content (AvgIpc) is 2.41. The summed E-state index contributed by atoms with van der Waals surface area (Å²) in [6, 6.07) is 0. The molecule has 4 nitrogen and oxygen atoms in total. The molecule has 1 rings (SSSR count). The third kappa shape index (κ3) is 2.70. The number of hydrogen-bond donors (Lipinski definition) is 0. The second-order valence-corrected chi connectivity index (χ2v) is 4.15.